The van der Waals surface area contributed by atoms with E-state index in [4.69, 9.17) is 15.2 Å². The van der Waals surface area contributed by atoms with Gasteiger partial charge >= 0.3 is 0 Å². The van der Waals surface area contributed by atoms with E-state index in [2.05, 4.69) is 0 Å². The summed E-state index contributed by atoms with van der Waals surface area (Å²) in [6.07, 6.45) is 0. The Morgan fingerprint density at radius 2 is 1.68 bits per heavy atom. The summed E-state index contributed by atoms with van der Waals surface area (Å²) in [7, 11) is 0. The van der Waals surface area contributed by atoms with Crippen LogP contribution in [-0.2, 0) is 0 Å². The molecule has 0 atom stereocenters. The summed E-state index contributed by atoms with van der Waals surface area (Å²) in [6.45, 7) is 2.49. The summed E-state index contributed by atoms with van der Waals surface area (Å²) in [4.78, 5) is 0. The van der Waals surface area contributed by atoms with Crippen molar-refractivity contribution in [2.24, 2.45) is 0 Å². The third kappa shape index (κ3) is 3.88. The highest BCUT2D eigenvalue weighted by molar-refractivity contribution is 5.43. The predicted molar refractivity (Wildman–Crippen MR) is 73.0 cm³/mol. The second kappa shape index (κ2) is 6.09. The van der Waals surface area contributed by atoms with Gasteiger partial charge in [-0.3, -0.25) is 0 Å². The van der Waals surface area contributed by atoms with Gasteiger partial charge in [0.1, 0.15) is 30.5 Å². The molecule has 0 bridgehead atoms. The van der Waals surface area contributed by atoms with Crippen molar-refractivity contribution < 1.29 is 13.9 Å². The maximum Gasteiger partial charge on any atom is 0.126 e. The minimum absolute atomic E-state index is 0.233. The van der Waals surface area contributed by atoms with E-state index in [-0.39, 0.29) is 5.82 Å². The molecular weight excluding hydrogens is 245 g/mol. The van der Waals surface area contributed by atoms with Gasteiger partial charge < -0.3 is 15.2 Å². The predicted octanol–water partition coefficient (Wildman–Crippen LogP) is 3.17. The number of aryl methyl sites for hydroxylation is 1. The molecule has 0 aliphatic rings. The fourth-order valence-electron chi connectivity index (χ4n) is 1.63. The van der Waals surface area contributed by atoms with Crippen molar-refractivity contribution in [1.82, 2.24) is 0 Å². The molecule has 0 heterocycles. The molecule has 0 aliphatic carbocycles. The summed E-state index contributed by atoms with van der Waals surface area (Å²) >= 11 is 0. The van der Waals surface area contributed by atoms with E-state index in [0.29, 0.717) is 36.0 Å². The molecule has 19 heavy (non-hydrogen) atoms. The molecule has 0 unspecified atom stereocenters. The summed E-state index contributed by atoms with van der Waals surface area (Å²) in [5, 5.41) is 0. The largest absolute Gasteiger partial charge is 0.490 e. The maximum atomic E-state index is 13.1. The smallest absolute Gasteiger partial charge is 0.126 e. The standard InChI is InChI=1S/C15H16FNO2/c1-11-9-14(5-6-15(11)16)19-8-7-18-13-4-2-3-12(17)10-13/h2-6,9-10H,7-8,17H2,1H3. The second-order valence-corrected chi connectivity index (χ2v) is 4.18. The minimum Gasteiger partial charge on any atom is -0.490 e. The molecule has 3 nitrogen and oxygen atoms in total. The highest BCUT2D eigenvalue weighted by Crippen LogP contribution is 2.16. The number of ether oxygens (including phenoxy) is 2. The zero-order valence-electron chi connectivity index (χ0n) is 10.7. The zero-order valence-corrected chi connectivity index (χ0v) is 10.7. The van der Waals surface area contributed by atoms with Crippen LogP contribution in [0.4, 0.5) is 10.1 Å². The van der Waals surface area contributed by atoms with Gasteiger partial charge in [-0.05, 0) is 42.8 Å². The lowest BCUT2D eigenvalue weighted by Crippen LogP contribution is -2.09. The van der Waals surface area contributed by atoms with Crippen LogP contribution in [0, 0.1) is 12.7 Å². The van der Waals surface area contributed by atoms with Crippen LogP contribution in [-0.4, -0.2) is 13.2 Å². The molecule has 0 spiro atoms. The molecule has 100 valence electrons. The van der Waals surface area contributed by atoms with Crippen molar-refractivity contribution in [1.29, 1.82) is 0 Å². The fraction of sp³-hybridized carbons (Fsp3) is 0.200. The van der Waals surface area contributed by atoms with E-state index < -0.39 is 0 Å². The molecule has 2 rings (SSSR count). The van der Waals surface area contributed by atoms with Gasteiger partial charge in [-0.2, -0.15) is 0 Å². The molecule has 2 aromatic rings. The van der Waals surface area contributed by atoms with Gasteiger partial charge in [0.2, 0.25) is 0 Å². The average molecular weight is 261 g/mol. The molecule has 0 radical (unpaired) electrons. The summed E-state index contributed by atoms with van der Waals surface area (Å²) < 4.78 is 24.0. The van der Waals surface area contributed by atoms with Crippen LogP contribution in [0.5, 0.6) is 11.5 Å². The van der Waals surface area contributed by atoms with Crippen molar-refractivity contribution in [3.63, 3.8) is 0 Å². The van der Waals surface area contributed by atoms with Crippen LogP contribution < -0.4 is 15.2 Å². The van der Waals surface area contributed by atoms with Crippen molar-refractivity contribution in [3.8, 4) is 11.5 Å². The van der Waals surface area contributed by atoms with Gasteiger partial charge in [-0.15, -0.1) is 0 Å². The van der Waals surface area contributed by atoms with Gasteiger partial charge in [0.05, 0.1) is 0 Å². The zero-order chi connectivity index (χ0) is 13.7. The van der Waals surface area contributed by atoms with Crippen molar-refractivity contribution >= 4 is 5.69 Å². The molecule has 4 heteroatoms. The van der Waals surface area contributed by atoms with Crippen molar-refractivity contribution in [3.05, 3.63) is 53.8 Å². The van der Waals surface area contributed by atoms with Crippen LogP contribution >= 0.6 is 0 Å². The average Bonchev–Trinajstić information content (AvgIpc) is 2.39. The number of hydrogen-bond acceptors (Lipinski definition) is 3. The number of nitrogens with two attached hydrogens (primary N) is 1. The monoisotopic (exact) mass is 261 g/mol. The Bertz CT molecular complexity index is 558. The first-order chi connectivity index (χ1) is 9.15. The Labute approximate surface area is 111 Å². The molecule has 0 saturated heterocycles. The van der Waals surface area contributed by atoms with Gasteiger partial charge in [0.25, 0.3) is 0 Å². The van der Waals surface area contributed by atoms with Crippen LogP contribution in [0.1, 0.15) is 5.56 Å². The fourth-order valence-corrected chi connectivity index (χ4v) is 1.63. The van der Waals surface area contributed by atoms with Crippen LogP contribution in [0.2, 0.25) is 0 Å². The van der Waals surface area contributed by atoms with Crippen LogP contribution in [0.3, 0.4) is 0 Å². The number of halogens is 1. The number of nitrogen functional groups attached to an aromatic ring is 1. The lowest BCUT2D eigenvalue weighted by atomic mass is 10.2. The summed E-state index contributed by atoms with van der Waals surface area (Å²) in [5.74, 6) is 1.11. The Balaban J connectivity index is 1.79. The van der Waals surface area contributed by atoms with Gasteiger partial charge in [-0.25, -0.2) is 4.39 Å². The maximum absolute atomic E-state index is 13.1. The van der Waals surface area contributed by atoms with E-state index in [9.17, 15) is 4.39 Å². The van der Waals surface area contributed by atoms with E-state index >= 15 is 0 Å². The lowest BCUT2D eigenvalue weighted by Gasteiger charge is -2.09. The summed E-state index contributed by atoms with van der Waals surface area (Å²) in [5.41, 5.74) is 6.86. The number of anilines is 1. The molecule has 0 amide bonds. The molecule has 0 aromatic heterocycles. The number of rotatable bonds is 5. The normalized spacial score (nSPS) is 10.2. The highest BCUT2D eigenvalue weighted by atomic mass is 19.1. The minimum atomic E-state index is -0.233. The van der Waals surface area contributed by atoms with E-state index in [1.165, 1.54) is 6.07 Å². The first-order valence-corrected chi connectivity index (χ1v) is 6.02. The number of benzene rings is 2. The topological polar surface area (TPSA) is 44.5 Å². The van der Waals surface area contributed by atoms with Gasteiger partial charge in [-0.1, -0.05) is 6.07 Å². The first kappa shape index (κ1) is 13.2. The number of hydrogen-bond donors (Lipinski definition) is 1. The molecule has 2 N–H and O–H groups in total. The SMILES string of the molecule is Cc1cc(OCCOc2cccc(N)c2)ccc1F. The van der Waals surface area contributed by atoms with Gasteiger partial charge in [0, 0.05) is 11.8 Å². The second-order valence-electron chi connectivity index (χ2n) is 4.18. The van der Waals surface area contributed by atoms with Crippen LogP contribution in [0.25, 0.3) is 0 Å². The Morgan fingerprint density at radius 1 is 1.00 bits per heavy atom. The van der Waals surface area contributed by atoms with Crippen molar-refractivity contribution in [2.45, 2.75) is 6.92 Å². The van der Waals surface area contributed by atoms with E-state index in [0.717, 1.165) is 0 Å². The third-order valence-corrected chi connectivity index (χ3v) is 2.61. The van der Waals surface area contributed by atoms with Crippen LogP contribution in [0.15, 0.2) is 42.5 Å². The summed E-state index contributed by atoms with van der Waals surface area (Å²) in [6, 6.07) is 11.9. The Kier molecular flexibility index (Phi) is 4.23. The molecule has 0 fully saturated rings. The van der Waals surface area contributed by atoms with E-state index in [1.807, 2.05) is 12.1 Å². The highest BCUT2D eigenvalue weighted by Gasteiger charge is 2.00. The van der Waals surface area contributed by atoms with Crippen molar-refractivity contribution in [2.75, 3.05) is 18.9 Å². The Hall–Kier alpha value is -2.23. The first-order valence-electron chi connectivity index (χ1n) is 6.02. The third-order valence-electron chi connectivity index (χ3n) is 2.61. The lowest BCUT2D eigenvalue weighted by molar-refractivity contribution is 0.217. The van der Waals surface area contributed by atoms with Gasteiger partial charge in [0.15, 0.2) is 0 Å². The molecule has 0 saturated carbocycles. The Morgan fingerprint density at radius 3 is 2.32 bits per heavy atom. The quantitative estimate of drug-likeness (QED) is 0.664. The van der Waals surface area contributed by atoms with E-state index in [1.54, 1.807) is 31.2 Å². The molecule has 0 aliphatic heterocycles. The molecular formula is C15H16FNO2. The molecule has 2 aromatic carbocycles.